The molecule has 2 heterocycles. The summed E-state index contributed by atoms with van der Waals surface area (Å²) >= 11 is 3.49. The van der Waals surface area contributed by atoms with E-state index in [1.165, 1.54) is 5.56 Å². The smallest absolute Gasteiger partial charge is 0.296 e. The molecule has 2 aliphatic rings. The zero-order valence-corrected chi connectivity index (χ0v) is 10.9. The summed E-state index contributed by atoms with van der Waals surface area (Å²) in [6.07, 6.45) is 0. The molecule has 0 aliphatic carbocycles. The van der Waals surface area contributed by atoms with Crippen molar-refractivity contribution in [2.45, 2.75) is 20.0 Å². The Morgan fingerprint density at radius 1 is 1.35 bits per heavy atom. The SMILES string of the molecule is CCN1Cc2c(Br)cc3c(c2C1)NC(=O)C3=O. The lowest BCUT2D eigenvalue weighted by atomic mass is 10.0. The van der Waals surface area contributed by atoms with Gasteiger partial charge in [0.2, 0.25) is 0 Å². The second kappa shape index (κ2) is 3.65. The molecule has 4 nitrogen and oxygen atoms in total. The van der Waals surface area contributed by atoms with Crippen molar-refractivity contribution >= 4 is 33.3 Å². The number of benzene rings is 1. The van der Waals surface area contributed by atoms with Gasteiger partial charge in [-0.3, -0.25) is 14.5 Å². The van der Waals surface area contributed by atoms with Gasteiger partial charge in [-0.15, -0.1) is 0 Å². The van der Waals surface area contributed by atoms with Crippen LogP contribution < -0.4 is 5.32 Å². The molecule has 1 aromatic rings. The van der Waals surface area contributed by atoms with Gasteiger partial charge in [-0.05, 0) is 23.7 Å². The minimum Gasteiger partial charge on any atom is -0.318 e. The molecule has 0 atom stereocenters. The molecule has 5 heteroatoms. The third-order valence-electron chi connectivity index (χ3n) is 3.39. The second-order valence-corrected chi connectivity index (χ2v) is 5.18. The number of halogens is 1. The molecule has 1 aromatic carbocycles. The second-order valence-electron chi connectivity index (χ2n) is 4.32. The van der Waals surface area contributed by atoms with E-state index < -0.39 is 11.7 Å². The standard InChI is InChI=1S/C12H11BrN2O2/c1-2-15-4-7-8(5-15)10-6(3-9(7)13)11(16)12(17)14-10/h3H,2,4-5H2,1H3,(H,14,16,17). The van der Waals surface area contributed by atoms with Gasteiger partial charge in [0.05, 0.1) is 11.3 Å². The van der Waals surface area contributed by atoms with Crippen LogP contribution in [0.5, 0.6) is 0 Å². The lowest BCUT2D eigenvalue weighted by molar-refractivity contribution is -0.112. The van der Waals surface area contributed by atoms with Gasteiger partial charge in [0.25, 0.3) is 11.7 Å². The van der Waals surface area contributed by atoms with E-state index in [2.05, 4.69) is 33.1 Å². The molecule has 0 radical (unpaired) electrons. The van der Waals surface area contributed by atoms with Crippen LogP contribution >= 0.6 is 15.9 Å². The fourth-order valence-corrected chi connectivity index (χ4v) is 3.02. The first-order chi connectivity index (χ1) is 8.11. The van der Waals surface area contributed by atoms with Crippen molar-refractivity contribution in [1.82, 2.24) is 4.90 Å². The maximum absolute atomic E-state index is 11.7. The number of hydrogen-bond acceptors (Lipinski definition) is 3. The van der Waals surface area contributed by atoms with Crippen LogP contribution in [0.1, 0.15) is 28.4 Å². The third-order valence-corrected chi connectivity index (χ3v) is 4.10. The Morgan fingerprint density at radius 2 is 2.06 bits per heavy atom. The van der Waals surface area contributed by atoms with E-state index in [9.17, 15) is 9.59 Å². The molecule has 88 valence electrons. The van der Waals surface area contributed by atoms with Gasteiger partial charge >= 0.3 is 0 Å². The maximum atomic E-state index is 11.7. The quantitative estimate of drug-likeness (QED) is 0.805. The normalized spacial score (nSPS) is 18.2. The molecular formula is C12H11BrN2O2. The molecule has 0 aromatic heterocycles. The minimum atomic E-state index is -0.518. The van der Waals surface area contributed by atoms with Crippen LogP contribution in [0.3, 0.4) is 0 Å². The van der Waals surface area contributed by atoms with Crippen LogP contribution in [0.25, 0.3) is 0 Å². The van der Waals surface area contributed by atoms with Crippen molar-refractivity contribution < 1.29 is 9.59 Å². The Kier molecular flexibility index (Phi) is 2.34. The number of amides is 1. The number of carbonyl (C=O) groups excluding carboxylic acids is 2. The highest BCUT2D eigenvalue weighted by Crippen LogP contribution is 2.39. The summed E-state index contributed by atoms with van der Waals surface area (Å²) in [5, 5.41) is 2.68. The third kappa shape index (κ3) is 1.46. The van der Waals surface area contributed by atoms with Gasteiger partial charge in [0, 0.05) is 17.6 Å². The van der Waals surface area contributed by atoms with Gasteiger partial charge < -0.3 is 5.32 Å². The Bertz CT molecular complexity index is 554. The highest BCUT2D eigenvalue weighted by molar-refractivity contribution is 9.10. The highest BCUT2D eigenvalue weighted by atomic mass is 79.9. The largest absolute Gasteiger partial charge is 0.318 e. The summed E-state index contributed by atoms with van der Waals surface area (Å²) < 4.78 is 0.923. The average molecular weight is 295 g/mol. The molecule has 2 aliphatic heterocycles. The van der Waals surface area contributed by atoms with E-state index in [0.717, 1.165) is 29.7 Å². The first kappa shape index (κ1) is 10.9. The van der Waals surface area contributed by atoms with E-state index in [1.807, 2.05) is 0 Å². The molecule has 0 unspecified atom stereocenters. The van der Waals surface area contributed by atoms with Crippen molar-refractivity contribution in [3.63, 3.8) is 0 Å². The zero-order valence-electron chi connectivity index (χ0n) is 9.34. The molecule has 0 bridgehead atoms. The van der Waals surface area contributed by atoms with Crippen molar-refractivity contribution in [3.05, 3.63) is 27.2 Å². The number of nitrogens with zero attached hydrogens (tertiary/aromatic N) is 1. The summed E-state index contributed by atoms with van der Waals surface area (Å²) in [6.45, 7) is 4.71. The zero-order chi connectivity index (χ0) is 12.2. The summed E-state index contributed by atoms with van der Waals surface area (Å²) in [6, 6.07) is 1.76. The Labute approximate surface area is 107 Å². The number of nitrogens with one attached hydrogen (secondary N) is 1. The van der Waals surface area contributed by atoms with Gasteiger partial charge in [0.15, 0.2) is 0 Å². The molecule has 1 amide bonds. The minimum absolute atomic E-state index is 0.432. The number of fused-ring (bicyclic) bond motifs is 3. The van der Waals surface area contributed by atoms with E-state index in [0.29, 0.717) is 11.3 Å². The number of rotatable bonds is 1. The van der Waals surface area contributed by atoms with Gasteiger partial charge in [0.1, 0.15) is 0 Å². The Hall–Kier alpha value is -1.20. The average Bonchev–Trinajstić information content (AvgIpc) is 2.85. The Balaban J connectivity index is 2.18. The fourth-order valence-electron chi connectivity index (χ4n) is 2.43. The predicted molar refractivity (Wildman–Crippen MR) is 66.9 cm³/mol. The van der Waals surface area contributed by atoms with Crippen LogP contribution in [0.2, 0.25) is 0 Å². The summed E-state index contributed by atoms with van der Waals surface area (Å²) in [7, 11) is 0. The van der Waals surface area contributed by atoms with E-state index in [1.54, 1.807) is 6.07 Å². The molecule has 17 heavy (non-hydrogen) atoms. The monoisotopic (exact) mass is 294 g/mol. The summed E-state index contributed by atoms with van der Waals surface area (Å²) in [5.74, 6) is -0.950. The van der Waals surface area contributed by atoms with Crippen LogP contribution in [0, 0.1) is 0 Å². The molecule has 0 saturated heterocycles. The molecule has 0 fully saturated rings. The van der Waals surface area contributed by atoms with Crippen molar-refractivity contribution in [1.29, 1.82) is 0 Å². The molecule has 0 saturated carbocycles. The van der Waals surface area contributed by atoms with Gasteiger partial charge in [-0.2, -0.15) is 0 Å². The number of anilines is 1. The van der Waals surface area contributed by atoms with Crippen molar-refractivity contribution in [2.24, 2.45) is 0 Å². The molecule has 3 rings (SSSR count). The highest BCUT2D eigenvalue weighted by Gasteiger charge is 2.34. The van der Waals surface area contributed by atoms with Crippen LogP contribution in [0.15, 0.2) is 10.5 Å². The van der Waals surface area contributed by atoms with E-state index >= 15 is 0 Å². The topological polar surface area (TPSA) is 49.4 Å². The van der Waals surface area contributed by atoms with Crippen molar-refractivity contribution in [2.75, 3.05) is 11.9 Å². The Morgan fingerprint density at radius 3 is 2.76 bits per heavy atom. The first-order valence-corrected chi connectivity index (χ1v) is 6.33. The maximum Gasteiger partial charge on any atom is 0.296 e. The summed E-state index contributed by atoms with van der Waals surface area (Å²) in [5.41, 5.74) is 3.48. The lowest BCUT2D eigenvalue weighted by Gasteiger charge is -2.10. The lowest BCUT2D eigenvalue weighted by Crippen LogP contribution is -2.15. The van der Waals surface area contributed by atoms with Crippen LogP contribution in [-0.4, -0.2) is 23.1 Å². The number of carbonyl (C=O) groups is 2. The number of Topliss-reactive ketones (excluding diaryl/α,β-unsaturated/α-hetero) is 1. The van der Waals surface area contributed by atoms with E-state index in [-0.39, 0.29) is 0 Å². The fraction of sp³-hybridized carbons (Fsp3) is 0.333. The van der Waals surface area contributed by atoms with Gasteiger partial charge in [-0.25, -0.2) is 0 Å². The molecular weight excluding hydrogens is 284 g/mol. The van der Waals surface area contributed by atoms with Gasteiger partial charge in [-0.1, -0.05) is 22.9 Å². The predicted octanol–water partition coefficient (Wildman–Crippen LogP) is 1.92. The molecule has 0 spiro atoms. The first-order valence-electron chi connectivity index (χ1n) is 5.54. The summed E-state index contributed by atoms with van der Waals surface area (Å²) in [4.78, 5) is 25.3. The van der Waals surface area contributed by atoms with Crippen LogP contribution in [-0.2, 0) is 17.9 Å². The number of hydrogen-bond donors (Lipinski definition) is 1. The molecule has 1 N–H and O–H groups in total. The number of ketones is 1. The van der Waals surface area contributed by atoms with E-state index in [4.69, 9.17) is 0 Å². The van der Waals surface area contributed by atoms with Crippen LogP contribution in [0.4, 0.5) is 5.69 Å². The van der Waals surface area contributed by atoms with Crippen molar-refractivity contribution in [3.8, 4) is 0 Å².